The number of fused-ring (bicyclic) bond motifs is 1. The molecule has 0 N–H and O–H groups in total. The Morgan fingerprint density at radius 3 is 3.00 bits per heavy atom. The van der Waals surface area contributed by atoms with Crippen molar-refractivity contribution in [2.24, 2.45) is 0 Å². The van der Waals surface area contributed by atoms with Gasteiger partial charge in [0.05, 0.1) is 36.8 Å². The highest BCUT2D eigenvalue weighted by Gasteiger charge is 2.30. The standard InChI is InChI=1S/C19H20N4O3/c1-14-19-21-11-15(13-26-17-4-2-6-20-12-17)23(19)8-7-22(14)18(24)10-16-5-3-9-25-16/h2-6,9,11-12,14H,7-8,10,13H2,1H3. The summed E-state index contributed by atoms with van der Waals surface area (Å²) in [7, 11) is 0. The molecule has 1 amide bonds. The van der Waals surface area contributed by atoms with Crippen LogP contribution >= 0.6 is 0 Å². The van der Waals surface area contributed by atoms with E-state index in [1.165, 1.54) is 0 Å². The Kier molecular flexibility index (Phi) is 4.43. The first-order valence-electron chi connectivity index (χ1n) is 8.61. The van der Waals surface area contributed by atoms with Crippen LogP contribution in [0, 0.1) is 0 Å². The molecule has 0 saturated carbocycles. The van der Waals surface area contributed by atoms with Gasteiger partial charge in [0.2, 0.25) is 5.91 Å². The van der Waals surface area contributed by atoms with E-state index in [9.17, 15) is 4.79 Å². The van der Waals surface area contributed by atoms with Crippen molar-refractivity contribution < 1.29 is 13.9 Å². The van der Waals surface area contributed by atoms with Gasteiger partial charge in [-0.3, -0.25) is 9.78 Å². The predicted octanol–water partition coefficient (Wildman–Crippen LogP) is 2.60. The Morgan fingerprint density at radius 1 is 1.31 bits per heavy atom. The molecule has 1 atom stereocenters. The summed E-state index contributed by atoms with van der Waals surface area (Å²) in [6.45, 7) is 3.77. The zero-order valence-electron chi connectivity index (χ0n) is 14.5. The summed E-state index contributed by atoms with van der Waals surface area (Å²) >= 11 is 0. The third-order valence-corrected chi connectivity index (χ3v) is 4.62. The van der Waals surface area contributed by atoms with E-state index in [2.05, 4.69) is 14.5 Å². The lowest BCUT2D eigenvalue weighted by molar-refractivity contribution is -0.134. The fourth-order valence-corrected chi connectivity index (χ4v) is 3.27. The van der Waals surface area contributed by atoms with Crippen LogP contribution in [0.3, 0.4) is 0 Å². The number of furan rings is 1. The summed E-state index contributed by atoms with van der Waals surface area (Å²) in [5.74, 6) is 2.34. The van der Waals surface area contributed by atoms with Gasteiger partial charge in [-0.25, -0.2) is 4.98 Å². The highest BCUT2D eigenvalue weighted by atomic mass is 16.5. The van der Waals surface area contributed by atoms with E-state index >= 15 is 0 Å². The van der Waals surface area contributed by atoms with Crippen molar-refractivity contribution in [3.63, 3.8) is 0 Å². The minimum atomic E-state index is -0.0849. The van der Waals surface area contributed by atoms with Crippen molar-refractivity contribution in [3.05, 3.63) is 66.4 Å². The molecule has 0 aromatic carbocycles. The molecule has 7 nitrogen and oxygen atoms in total. The van der Waals surface area contributed by atoms with Crippen LogP contribution < -0.4 is 4.74 Å². The van der Waals surface area contributed by atoms with E-state index in [-0.39, 0.29) is 18.4 Å². The molecule has 0 saturated heterocycles. The first-order valence-corrected chi connectivity index (χ1v) is 8.61. The molecule has 1 aliphatic rings. The van der Waals surface area contributed by atoms with Crippen molar-refractivity contribution in [2.45, 2.75) is 32.5 Å². The lowest BCUT2D eigenvalue weighted by Gasteiger charge is -2.34. The monoisotopic (exact) mass is 352 g/mol. The quantitative estimate of drug-likeness (QED) is 0.706. The average Bonchev–Trinajstić information content (AvgIpc) is 3.31. The van der Waals surface area contributed by atoms with Crippen molar-refractivity contribution in [3.8, 4) is 5.75 Å². The zero-order valence-corrected chi connectivity index (χ0v) is 14.5. The Balaban J connectivity index is 1.45. The van der Waals surface area contributed by atoms with E-state index in [1.807, 2.05) is 36.2 Å². The van der Waals surface area contributed by atoms with Gasteiger partial charge in [0.25, 0.3) is 0 Å². The Labute approximate surface area is 151 Å². The molecule has 26 heavy (non-hydrogen) atoms. The molecule has 3 aromatic heterocycles. The minimum absolute atomic E-state index is 0.0508. The Hall–Kier alpha value is -3.09. The number of rotatable bonds is 5. The number of nitrogens with zero attached hydrogens (tertiary/aromatic N) is 4. The molecule has 7 heteroatoms. The molecule has 3 aromatic rings. The maximum Gasteiger partial charge on any atom is 0.230 e. The summed E-state index contributed by atoms with van der Waals surface area (Å²) in [4.78, 5) is 23.0. The Bertz CT molecular complexity index is 874. The number of pyridine rings is 1. The molecule has 4 heterocycles. The van der Waals surface area contributed by atoms with Crippen molar-refractivity contribution in [1.82, 2.24) is 19.4 Å². The second kappa shape index (κ2) is 7.03. The highest BCUT2D eigenvalue weighted by Crippen LogP contribution is 2.26. The highest BCUT2D eigenvalue weighted by molar-refractivity contribution is 5.78. The number of carbonyl (C=O) groups is 1. The molecule has 4 rings (SSSR count). The van der Waals surface area contributed by atoms with Crippen molar-refractivity contribution in [2.75, 3.05) is 6.54 Å². The van der Waals surface area contributed by atoms with Gasteiger partial charge >= 0.3 is 0 Å². The van der Waals surface area contributed by atoms with Crippen LogP contribution in [-0.2, 0) is 24.4 Å². The normalized spacial score (nSPS) is 16.3. The van der Waals surface area contributed by atoms with Crippen molar-refractivity contribution >= 4 is 5.91 Å². The maximum absolute atomic E-state index is 12.6. The minimum Gasteiger partial charge on any atom is -0.486 e. The third-order valence-electron chi connectivity index (χ3n) is 4.62. The number of imidazole rings is 1. The summed E-state index contributed by atoms with van der Waals surface area (Å²) in [5, 5.41) is 0. The molecular weight excluding hydrogens is 332 g/mol. The van der Waals surface area contributed by atoms with Crippen LogP contribution in [0.25, 0.3) is 0 Å². The van der Waals surface area contributed by atoms with E-state index in [0.717, 1.165) is 17.3 Å². The van der Waals surface area contributed by atoms with Crippen molar-refractivity contribution in [1.29, 1.82) is 0 Å². The zero-order chi connectivity index (χ0) is 17.9. The van der Waals surface area contributed by atoms with E-state index in [0.29, 0.717) is 25.5 Å². The second-order valence-corrected chi connectivity index (χ2v) is 6.26. The molecule has 0 aliphatic carbocycles. The molecule has 0 bridgehead atoms. The van der Waals surface area contributed by atoms with Crippen LogP contribution in [0.4, 0.5) is 0 Å². The van der Waals surface area contributed by atoms with Crippen LogP contribution in [0.2, 0.25) is 0 Å². The van der Waals surface area contributed by atoms with Crippen LogP contribution in [0.15, 0.2) is 53.5 Å². The SMILES string of the molecule is CC1c2ncc(COc3cccnc3)n2CCN1C(=O)Cc1ccco1. The molecule has 1 unspecified atom stereocenters. The van der Waals surface area contributed by atoms with Gasteiger partial charge in [0.1, 0.15) is 23.9 Å². The number of carbonyl (C=O) groups excluding carboxylic acids is 1. The number of hydrogen-bond acceptors (Lipinski definition) is 5. The molecule has 0 spiro atoms. The largest absolute Gasteiger partial charge is 0.486 e. The summed E-state index contributed by atoms with van der Waals surface area (Å²) in [6.07, 6.45) is 7.08. The fourth-order valence-electron chi connectivity index (χ4n) is 3.27. The van der Waals surface area contributed by atoms with E-state index in [4.69, 9.17) is 9.15 Å². The van der Waals surface area contributed by atoms with Gasteiger partial charge in [0.15, 0.2) is 0 Å². The number of ether oxygens (including phenoxy) is 1. The first-order chi connectivity index (χ1) is 12.7. The summed E-state index contributed by atoms with van der Waals surface area (Å²) < 4.78 is 13.2. The first kappa shape index (κ1) is 16.4. The van der Waals surface area contributed by atoms with Gasteiger partial charge in [-0.05, 0) is 31.2 Å². The lowest BCUT2D eigenvalue weighted by atomic mass is 10.1. The molecular formula is C19H20N4O3. The van der Waals surface area contributed by atoms with Gasteiger partial charge in [0, 0.05) is 19.3 Å². The number of amides is 1. The van der Waals surface area contributed by atoms with Gasteiger partial charge in [-0.1, -0.05) is 0 Å². The lowest BCUT2D eigenvalue weighted by Crippen LogP contribution is -2.42. The molecule has 134 valence electrons. The number of hydrogen-bond donors (Lipinski definition) is 0. The Morgan fingerprint density at radius 2 is 2.23 bits per heavy atom. The molecule has 0 fully saturated rings. The van der Waals surface area contributed by atoms with E-state index < -0.39 is 0 Å². The smallest absolute Gasteiger partial charge is 0.230 e. The molecule has 1 aliphatic heterocycles. The van der Waals surface area contributed by atoms with Crippen LogP contribution in [-0.4, -0.2) is 31.9 Å². The van der Waals surface area contributed by atoms with Crippen LogP contribution in [0.1, 0.15) is 30.2 Å². The maximum atomic E-state index is 12.6. The number of aromatic nitrogens is 3. The van der Waals surface area contributed by atoms with Gasteiger partial charge in [-0.2, -0.15) is 0 Å². The summed E-state index contributed by atoms with van der Waals surface area (Å²) in [5.41, 5.74) is 0.994. The predicted molar refractivity (Wildman–Crippen MR) is 93.3 cm³/mol. The third kappa shape index (κ3) is 3.20. The second-order valence-electron chi connectivity index (χ2n) is 6.26. The molecule has 0 radical (unpaired) electrons. The fraction of sp³-hybridized carbons (Fsp3) is 0.316. The average molecular weight is 352 g/mol. The topological polar surface area (TPSA) is 73.4 Å². The van der Waals surface area contributed by atoms with E-state index in [1.54, 1.807) is 24.7 Å². The van der Waals surface area contributed by atoms with Crippen LogP contribution in [0.5, 0.6) is 5.75 Å². The van der Waals surface area contributed by atoms with Gasteiger partial charge < -0.3 is 18.6 Å². The summed E-state index contributed by atoms with van der Waals surface area (Å²) in [6, 6.07) is 7.24. The van der Waals surface area contributed by atoms with Gasteiger partial charge in [-0.15, -0.1) is 0 Å².